The number of aliphatic hydroxyl groups excluding tert-OH is 1. The molecule has 1 heterocycles. The quantitative estimate of drug-likeness (QED) is 0.757. The first-order valence-corrected chi connectivity index (χ1v) is 7.62. The molecule has 2 aromatic rings. The number of hydrogen-bond donors (Lipinski definition) is 3. The van der Waals surface area contributed by atoms with Crippen LogP contribution in [0.4, 0.5) is 0 Å². The number of carbonyl (C=O) groups is 1. The molecule has 1 atom stereocenters. The molecule has 0 spiro atoms. The van der Waals surface area contributed by atoms with Gasteiger partial charge in [0.2, 0.25) is 0 Å². The summed E-state index contributed by atoms with van der Waals surface area (Å²) in [6.45, 7) is 0.0857. The van der Waals surface area contributed by atoms with E-state index in [9.17, 15) is 4.79 Å². The maximum atomic E-state index is 12.2. The number of benzene rings is 1. The van der Waals surface area contributed by atoms with Crippen LogP contribution in [0.2, 0.25) is 0 Å². The van der Waals surface area contributed by atoms with Gasteiger partial charge in [-0.2, -0.15) is 11.8 Å². The molecule has 1 amide bonds. The van der Waals surface area contributed by atoms with E-state index in [1.165, 1.54) is 0 Å². The van der Waals surface area contributed by atoms with Crippen LogP contribution in [0.3, 0.4) is 0 Å². The van der Waals surface area contributed by atoms with E-state index in [2.05, 4.69) is 10.3 Å². The largest absolute Gasteiger partial charge is 0.396 e. The average molecular weight is 278 g/mol. The van der Waals surface area contributed by atoms with Crippen molar-refractivity contribution in [1.29, 1.82) is 0 Å². The third-order valence-corrected chi connectivity index (χ3v) is 3.73. The minimum Gasteiger partial charge on any atom is -0.396 e. The summed E-state index contributed by atoms with van der Waals surface area (Å²) in [5.74, 6) is 0.717. The number of H-pyrrole nitrogens is 1. The highest BCUT2D eigenvalue weighted by Crippen LogP contribution is 2.14. The minimum absolute atomic E-state index is 0.00872. The van der Waals surface area contributed by atoms with Crippen LogP contribution < -0.4 is 5.32 Å². The molecular weight excluding hydrogens is 260 g/mol. The van der Waals surface area contributed by atoms with Gasteiger partial charge >= 0.3 is 0 Å². The third kappa shape index (κ3) is 3.52. The van der Waals surface area contributed by atoms with Crippen LogP contribution in [-0.2, 0) is 0 Å². The van der Waals surface area contributed by atoms with E-state index in [1.807, 2.05) is 36.7 Å². The summed E-state index contributed by atoms with van der Waals surface area (Å²) in [5, 5.41) is 13.0. The van der Waals surface area contributed by atoms with Crippen molar-refractivity contribution >= 4 is 28.6 Å². The fourth-order valence-electron chi connectivity index (χ4n) is 2.02. The second kappa shape index (κ2) is 6.63. The molecule has 4 nitrogen and oxygen atoms in total. The Hall–Kier alpha value is -1.46. The Morgan fingerprint density at radius 2 is 2.32 bits per heavy atom. The first-order valence-electron chi connectivity index (χ1n) is 6.22. The van der Waals surface area contributed by atoms with Gasteiger partial charge in [0.05, 0.1) is 0 Å². The van der Waals surface area contributed by atoms with Crippen molar-refractivity contribution in [3.63, 3.8) is 0 Å². The second-order valence-corrected chi connectivity index (χ2v) is 5.33. The Balaban J connectivity index is 2.09. The summed E-state index contributed by atoms with van der Waals surface area (Å²) < 4.78 is 0. The number of carbonyl (C=O) groups excluding carboxylic acids is 1. The van der Waals surface area contributed by atoms with Crippen LogP contribution >= 0.6 is 11.8 Å². The van der Waals surface area contributed by atoms with Gasteiger partial charge in [0.15, 0.2) is 0 Å². The van der Waals surface area contributed by atoms with Crippen molar-refractivity contribution in [3.05, 3.63) is 36.0 Å². The summed E-state index contributed by atoms with van der Waals surface area (Å²) in [6, 6.07) is 7.54. The van der Waals surface area contributed by atoms with Crippen LogP contribution in [-0.4, -0.2) is 40.7 Å². The van der Waals surface area contributed by atoms with Crippen molar-refractivity contribution in [2.75, 3.05) is 18.6 Å². The van der Waals surface area contributed by atoms with E-state index >= 15 is 0 Å². The number of hydrogen-bond acceptors (Lipinski definition) is 3. The Morgan fingerprint density at radius 3 is 3.05 bits per heavy atom. The van der Waals surface area contributed by atoms with Crippen molar-refractivity contribution in [2.45, 2.75) is 12.5 Å². The fraction of sp³-hybridized carbons (Fsp3) is 0.357. The lowest BCUT2D eigenvalue weighted by molar-refractivity contribution is 0.0935. The lowest BCUT2D eigenvalue weighted by Crippen LogP contribution is -2.37. The number of nitrogens with one attached hydrogen (secondary N) is 2. The topological polar surface area (TPSA) is 65.1 Å². The summed E-state index contributed by atoms with van der Waals surface area (Å²) in [4.78, 5) is 15.3. The molecule has 0 saturated carbocycles. The molecule has 0 aliphatic heterocycles. The van der Waals surface area contributed by atoms with E-state index in [1.54, 1.807) is 11.8 Å². The number of aromatic amines is 1. The van der Waals surface area contributed by atoms with Crippen molar-refractivity contribution < 1.29 is 9.90 Å². The first-order chi connectivity index (χ1) is 9.24. The Kier molecular flexibility index (Phi) is 4.87. The Morgan fingerprint density at radius 1 is 1.47 bits per heavy atom. The van der Waals surface area contributed by atoms with Gasteiger partial charge in [-0.25, -0.2) is 0 Å². The maximum absolute atomic E-state index is 12.2. The van der Waals surface area contributed by atoms with E-state index in [-0.39, 0.29) is 18.6 Å². The molecule has 0 aliphatic carbocycles. The fourth-order valence-corrected chi connectivity index (χ4v) is 2.67. The number of fused-ring (bicyclic) bond motifs is 1. The van der Waals surface area contributed by atoms with E-state index in [0.717, 1.165) is 16.7 Å². The summed E-state index contributed by atoms with van der Waals surface area (Å²) in [6.07, 6.45) is 4.43. The summed E-state index contributed by atoms with van der Waals surface area (Å²) in [7, 11) is 0. The Bertz CT molecular complexity index is 547. The monoisotopic (exact) mass is 278 g/mol. The molecule has 0 aliphatic rings. The van der Waals surface area contributed by atoms with Gasteiger partial charge in [-0.3, -0.25) is 4.79 Å². The molecular formula is C14H18N2O2S. The van der Waals surface area contributed by atoms with Gasteiger partial charge in [-0.1, -0.05) is 0 Å². The zero-order chi connectivity index (χ0) is 13.7. The van der Waals surface area contributed by atoms with Crippen LogP contribution in [0, 0.1) is 0 Å². The van der Waals surface area contributed by atoms with Crippen molar-refractivity contribution in [2.24, 2.45) is 0 Å². The zero-order valence-corrected chi connectivity index (χ0v) is 11.7. The predicted octanol–water partition coefficient (Wildman–Crippen LogP) is 2.01. The summed E-state index contributed by atoms with van der Waals surface area (Å²) >= 11 is 1.66. The highest BCUT2D eigenvalue weighted by molar-refractivity contribution is 7.98. The number of amides is 1. The Labute approximate surface area is 116 Å². The lowest BCUT2D eigenvalue weighted by atomic mass is 10.1. The molecule has 0 bridgehead atoms. The van der Waals surface area contributed by atoms with Gasteiger partial charge in [-0.15, -0.1) is 0 Å². The van der Waals surface area contributed by atoms with E-state index in [0.29, 0.717) is 12.0 Å². The van der Waals surface area contributed by atoms with Crippen LogP contribution in [0.5, 0.6) is 0 Å². The maximum Gasteiger partial charge on any atom is 0.251 e. The molecule has 0 fully saturated rings. The first kappa shape index (κ1) is 14.0. The van der Waals surface area contributed by atoms with Gasteiger partial charge in [0.25, 0.3) is 5.91 Å². The van der Waals surface area contributed by atoms with Crippen LogP contribution in [0.25, 0.3) is 10.9 Å². The van der Waals surface area contributed by atoms with Crippen molar-refractivity contribution in [3.8, 4) is 0 Å². The van der Waals surface area contributed by atoms with Crippen LogP contribution in [0.15, 0.2) is 30.5 Å². The molecule has 0 saturated heterocycles. The number of aliphatic hydroxyl groups is 1. The van der Waals surface area contributed by atoms with Gasteiger partial charge in [0.1, 0.15) is 0 Å². The molecule has 0 unspecified atom stereocenters. The molecule has 5 heteroatoms. The molecule has 3 N–H and O–H groups in total. The lowest BCUT2D eigenvalue weighted by Gasteiger charge is -2.16. The van der Waals surface area contributed by atoms with Gasteiger partial charge in [0, 0.05) is 41.1 Å². The third-order valence-electron chi connectivity index (χ3n) is 3.00. The molecule has 1 aromatic carbocycles. The summed E-state index contributed by atoms with van der Waals surface area (Å²) in [5.41, 5.74) is 1.67. The van der Waals surface area contributed by atoms with Gasteiger partial charge < -0.3 is 15.4 Å². The standard InChI is InChI=1S/C14H18N2O2S/c1-19-9-12(5-7-17)16-14(18)11-2-3-13-10(8-11)4-6-15-13/h2-4,6,8,12,15,17H,5,7,9H2,1H3,(H,16,18)/t12-/m0/s1. The molecule has 2 rings (SSSR count). The van der Waals surface area contributed by atoms with E-state index < -0.39 is 0 Å². The van der Waals surface area contributed by atoms with Crippen LogP contribution in [0.1, 0.15) is 16.8 Å². The number of aromatic nitrogens is 1. The smallest absolute Gasteiger partial charge is 0.251 e. The van der Waals surface area contributed by atoms with Gasteiger partial charge in [-0.05, 0) is 36.9 Å². The average Bonchev–Trinajstić information content (AvgIpc) is 2.86. The zero-order valence-electron chi connectivity index (χ0n) is 10.8. The predicted molar refractivity (Wildman–Crippen MR) is 79.6 cm³/mol. The normalized spacial score (nSPS) is 12.5. The molecule has 102 valence electrons. The van der Waals surface area contributed by atoms with E-state index in [4.69, 9.17) is 5.11 Å². The molecule has 0 radical (unpaired) electrons. The highest BCUT2D eigenvalue weighted by Gasteiger charge is 2.13. The molecule has 19 heavy (non-hydrogen) atoms. The highest BCUT2D eigenvalue weighted by atomic mass is 32.2. The molecule has 1 aromatic heterocycles. The second-order valence-electron chi connectivity index (χ2n) is 4.42. The SMILES string of the molecule is CSC[C@H](CCO)NC(=O)c1ccc2[nH]ccc2c1. The number of thioether (sulfide) groups is 1. The minimum atomic E-state index is -0.0874. The van der Waals surface area contributed by atoms with Crippen molar-refractivity contribution in [1.82, 2.24) is 10.3 Å². The number of rotatable bonds is 6.